The molecule has 4 nitrogen and oxygen atoms in total. The van der Waals surface area contributed by atoms with E-state index < -0.39 is 17.3 Å². The van der Waals surface area contributed by atoms with Crippen LogP contribution in [0, 0.1) is 18.3 Å². The monoisotopic (exact) mass is 355 g/mol. The molecule has 1 amide bonds. The first kappa shape index (κ1) is 17.7. The average Bonchev–Trinajstić information content (AvgIpc) is 2.33. The van der Waals surface area contributed by atoms with Gasteiger partial charge in [-0.1, -0.05) is 42.8 Å². The van der Waals surface area contributed by atoms with E-state index in [0.717, 1.165) is 10.0 Å². The quantitative estimate of drug-likeness (QED) is 0.657. The molecular formula is C16H22BrNO3. The van der Waals surface area contributed by atoms with Crippen LogP contribution in [0.1, 0.15) is 33.3 Å². The Morgan fingerprint density at radius 3 is 2.48 bits per heavy atom. The second kappa shape index (κ2) is 7.07. The van der Waals surface area contributed by atoms with Crippen molar-refractivity contribution >= 4 is 33.5 Å². The maximum atomic E-state index is 12.5. The Labute approximate surface area is 134 Å². The Morgan fingerprint density at radius 1 is 1.33 bits per heavy atom. The van der Waals surface area contributed by atoms with Gasteiger partial charge in [-0.25, -0.2) is 0 Å². The number of nitrogens with one attached hydrogen (secondary N) is 1. The summed E-state index contributed by atoms with van der Waals surface area (Å²) < 4.78 is 5.94. The van der Waals surface area contributed by atoms with Gasteiger partial charge in [0.05, 0.1) is 6.61 Å². The van der Waals surface area contributed by atoms with E-state index in [1.165, 1.54) is 0 Å². The first-order valence-electron chi connectivity index (χ1n) is 6.91. The summed E-state index contributed by atoms with van der Waals surface area (Å²) in [5.41, 5.74) is 1.09. The second-order valence-corrected chi connectivity index (χ2v) is 6.81. The number of hydrogen-bond donors (Lipinski definition) is 1. The van der Waals surface area contributed by atoms with Crippen molar-refractivity contribution in [1.82, 2.24) is 0 Å². The van der Waals surface area contributed by atoms with Crippen LogP contribution in [0.3, 0.4) is 0 Å². The summed E-state index contributed by atoms with van der Waals surface area (Å²) in [7, 11) is 0. The van der Waals surface area contributed by atoms with Crippen LogP contribution < -0.4 is 5.32 Å². The van der Waals surface area contributed by atoms with E-state index in [4.69, 9.17) is 4.74 Å². The van der Waals surface area contributed by atoms with Gasteiger partial charge in [-0.2, -0.15) is 0 Å². The molecule has 0 fully saturated rings. The van der Waals surface area contributed by atoms with E-state index in [0.29, 0.717) is 5.69 Å². The van der Waals surface area contributed by atoms with Crippen molar-refractivity contribution in [2.45, 2.75) is 34.6 Å². The van der Waals surface area contributed by atoms with Gasteiger partial charge in [-0.3, -0.25) is 9.59 Å². The highest BCUT2D eigenvalue weighted by atomic mass is 79.9. The maximum Gasteiger partial charge on any atom is 0.319 e. The molecule has 0 saturated carbocycles. The van der Waals surface area contributed by atoms with Crippen molar-refractivity contribution in [2.75, 3.05) is 11.9 Å². The lowest BCUT2D eigenvalue weighted by molar-refractivity contribution is -0.155. The summed E-state index contributed by atoms with van der Waals surface area (Å²) in [5.74, 6) is -1.69. The minimum atomic E-state index is -0.851. The highest BCUT2D eigenvalue weighted by Gasteiger charge is 2.39. The van der Waals surface area contributed by atoms with Gasteiger partial charge in [0.2, 0.25) is 5.91 Å². The number of esters is 1. The Kier molecular flexibility index (Phi) is 5.96. The van der Waals surface area contributed by atoms with E-state index in [2.05, 4.69) is 21.2 Å². The fourth-order valence-electron chi connectivity index (χ4n) is 2.03. The minimum Gasteiger partial charge on any atom is -0.465 e. The second-order valence-electron chi connectivity index (χ2n) is 5.95. The standard InChI is InChI=1S/C16H22BrNO3/c1-6-21-15(20)13(16(3,4)5)14(19)18-12-9-7-8-11(17)10(12)2/h7-9,13H,6H2,1-5H3,(H,18,19). The molecule has 21 heavy (non-hydrogen) atoms. The number of ether oxygens (including phenoxy) is 1. The van der Waals surface area contributed by atoms with E-state index >= 15 is 0 Å². The molecule has 0 radical (unpaired) electrons. The summed E-state index contributed by atoms with van der Waals surface area (Å²) in [6.45, 7) is 9.44. The number of benzene rings is 1. The number of amides is 1. The Hall–Kier alpha value is -1.36. The zero-order valence-corrected chi connectivity index (χ0v) is 14.7. The van der Waals surface area contributed by atoms with Crippen molar-refractivity contribution in [2.24, 2.45) is 11.3 Å². The number of anilines is 1. The molecule has 0 aromatic heterocycles. The largest absolute Gasteiger partial charge is 0.465 e. The van der Waals surface area contributed by atoms with E-state index in [1.54, 1.807) is 6.92 Å². The molecular weight excluding hydrogens is 334 g/mol. The summed E-state index contributed by atoms with van der Waals surface area (Å²) in [5, 5.41) is 2.83. The zero-order chi connectivity index (χ0) is 16.2. The minimum absolute atomic E-state index is 0.259. The van der Waals surface area contributed by atoms with Crippen LogP contribution in [0.4, 0.5) is 5.69 Å². The molecule has 0 aliphatic heterocycles. The molecule has 0 aliphatic carbocycles. The number of halogens is 1. The fraction of sp³-hybridized carbons (Fsp3) is 0.500. The topological polar surface area (TPSA) is 55.4 Å². The Balaban J connectivity index is 3.02. The van der Waals surface area contributed by atoms with Crippen LogP contribution in [-0.2, 0) is 14.3 Å². The van der Waals surface area contributed by atoms with Crippen LogP contribution in [-0.4, -0.2) is 18.5 Å². The maximum absolute atomic E-state index is 12.5. The predicted octanol–water partition coefficient (Wildman–Crippen LogP) is 3.92. The van der Waals surface area contributed by atoms with E-state index in [1.807, 2.05) is 45.9 Å². The predicted molar refractivity (Wildman–Crippen MR) is 87.1 cm³/mol. The van der Waals surface area contributed by atoms with Gasteiger partial charge in [0.1, 0.15) is 5.92 Å². The molecule has 116 valence electrons. The third kappa shape index (κ3) is 4.56. The smallest absolute Gasteiger partial charge is 0.319 e. The lowest BCUT2D eigenvalue weighted by Crippen LogP contribution is -2.40. The number of rotatable bonds is 4. The van der Waals surface area contributed by atoms with Crippen molar-refractivity contribution in [3.63, 3.8) is 0 Å². The van der Waals surface area contributed by atoms with Gasteiger partial charge < -0.3 is 10.1 Å². The van der Waals surface area contributed by atoms with Gasteiger partial charge in [0.25, 0.3) is 0 Å². The first-order chi connectivity index (χ1) is 9.68. The third-order valence-electron chi connectivity index (χ3n) is 3.18. The normalized spacial score (nSPS) is 12.7. The van der Waals surface area contributed by atoms with Crippen molar-refractivity contribution in [3.8, 4) is 0 Å². The SMILES string of the molecule is CCOC(=O)C(C(=O)Nc1cccc(Br)c1C)C(C)(C)C. The van der Waals surface area contributed by atoms with Gasteiger partial charge >= 0.3 is 5.97 Å². The molecule has 1 rings (SSSR count). The number of hydrogen-bond acceptors (Lipinski definition) is 3. The van der Waals surface area contributed by atoms with Crippen LogP contribution in [0.25, 0.3) is 0 Å². The van der Waals surface area contributed by atoms with Gasteiger partial charge in [-0.05, 0) is 37.0 Å². The van der Waals surface area contributed by atoms with E-state index in [-0.39, 0.29) is 12.5 Å². The van der Waals surface area contributed by atoms with Crippen LogP contribution >= 0.6 is 15.9 Å². The van der Waals surface area contributed by atoms with Crippen LogP contribution in [0.5, 0.6) is 0 Å². The fourth-order valence-corrected chi connectivity index (χ4v) is 2.39. The molecule has 0 saturated heterocycles. The number of carbonyl (C=O) groups is 2. The highest BCUT2D eigenvalue weighted by Crippen LogP contribution is 2.30. The third-order valence-corrected chi connectivity index (χ3v) is 4.04. The van der Waals surface area contributed by atoms with Gasteiger partial charge in [0, 0.05) is 10.2 Å². The van der Waals surface area contributed by atoms with Gasteiger partial charge in [-0.15, -0.1) is 0 Å². The molecule has 5 heteroatoms. The van der Waals surface area contributed by atoms with Crippen molar-refractivity contribution < 1.29 is 14.3 Å². The first-order valence-corrected chi connectivity index (χ1v) is 7.70. The van der Waals surface area contributed by atoms with E-state index in [9.17, 15) is 9.59 Å². The molecule has 0 spiro atoms. The highest BCUT2D eigenvalue weighted by molar-refractivity contribution is 9.10. The summed E-state index contributed by atoms with van der Waals surface area (Å²) in [6.07, 6.45) is 0. The van der Waals surface area contributed by atoms with Crippen molar-refractivity contribution in [3.05, 3.63) is 28.2 Å². The van der Waals surface area contributed by atoms with Gasteiger partial charge in [0.15, 0.2) is 0 Å². The van der Waals surface area contributed by atoms with Crippen LogP contribution in [0.2, 0.25) is 0 Å². The molecule has 1 aromatic carbocycles. The molecule has 0 heterocycles. The molecule has 1 atom stereocenters. The Morgan fingerprint density at radius 2 is 1.95 bits per heavy atom. The summed E-state index contributed by atoms with van der Waals surface area (Å²) >= 11 is 3.42. The average molecular weight is 356 g/mol. The molecule has 1 unspecified atom stereocenters. The zero-order valence-electron chi connectivity index (χ0n) is 13.1. The Bertz CT molecular complexity index is 535. The number of carbonyl (C=O) groups excluding carboxylic acids is 2. The summed E-state index contributed by atoms with van der Waals surface area (Å²) in [4.78, 5) is 24.6. The molecule has 1 N–H and O–H groups in total. The van der Waals surface area contributed by atoms with Crippen LogP contribution in [0.15, 0.2) is 22.7 Å². The van der Waals surface area contributed by atoms with Crippen molar-refractivity contribution in [1.29, 1.82) is 0 Å². The summed E-state index contributed by atoms with van der Waals surface area (Å²) in [6, 6.07) is 5.55. The lowest BCUT2D eigenvalue weighted by Gasteiger charge is -2.27. The lowest BCUT2D eigenvalue weighted by atomic mass is 9.80. The molecule has 0 bridgehead atoms. The molecule has 1 aromatic rings. The molecule has 0 aliphatic rings.